The van der Waals surface area contributed by atoms with Crippen LogP contribution in [0.1, 0.15) is 40.0 Å². The molecule has 4 bridgehead atoms. The van der Waals surface area contributed by atoms with Crippen molar-refractivity contribution in [1.82, 2.24) is 0 Å². The molecule has 5 atom stereocenters. The van der Waals surface area contributed by atoms with Gasteiger partial charge in [-0.25, -0.2) is 0 Å². The summed E-state index contributed by atoms with van der Waals surface area (Å²) in [6, 6.07) is 0. The van der Waals surface area contributed by atoms with Crippen LogP contribution in [0.3, 0.4) is 0 Å². The molecule has 17 heavy (non-hydrogen) atoms. The van der Waals surface area contributed by atoms with Gasteiger partial charge in [-0.2, -0.15) is 12.6 Å². The van der Waals surface area contributed by atoms with Gasteiger partial charge in [-0.3, -0.25) is 0 Å². The number of rotatable bonds is 3. The summed E-state index contributed by atoms with van der Waals surface area (Å²) in [5.41, 5.74) is 1.90. The second-order valence-electron chi connectivity index (χ2n) is 6.87. The summed E-state index contributed by atoms with van der Waals surface area (Å²) in [6.45, 7) is 11.5. The SMILES string of the molecule is C=C1C[C@@]2(OCS)[C@H]3[C@@H]1[C@]2(C)CC[C@H]3C(C)C. The predicted octanol–water partition coefficient (Wildman–Crippen LogP) is 3.91. The Kier molecular flexibility index (Phi) is 2.52. The first kappa shape index (κ1) is 12.1. The van der Waals surface area contributed by atoms with Crippen LogP contribution in [0, 0.1) is 29.1 Å². The normalized spacial score (nSPS) is 51.8. The largest absolute Gasteiger partial charge is 0.363 e. The smallest absolute Gasteiger partial charge is 0.0900 e. The highest BCUT2D eigenvalue weighted by Crippen LogP contribution is 2.78. The third-order valence-electron chi connectivity index (χ3n) is 6.12. The quantitative estimate of drug-likeness (QED) is 0.455. The van der Waals surface area contributed by atoms with Gasteiger partial charge < -0.3 is 4.74 Å². The average molecular weight is 252 g/mol. The van der Waals surface area contributed by atoms with Gasteiger partial charge in [0, 0.05) is 5.41 Å². The topological polar surface area (TPSA) is 9.23 Å². The van der Waals surface area contributed by atoms with Crippen LogP contribution in [0.25, 0.3) is 0 Å². The summed E-state index contributed by atoms with van der Waals surface area (Å²) in [5, 5.41) is 0. The van der Waals surface area contributed by atoms with Crippen LogP contribution in [-0.2, 0) is 4.74 Å². The molecule has 4 aliphatic rings. The molecule has 0 aromatic rings. The maximum Gasteiger partial charge on any atom is 0.0900 e. The van der Waals surface area contributed by atoms with E-state index in [2.05, 4.69) is 40.0 Å². The van der Waals surface area contributed by atoms with Crippen LogP contribution >= 0.6 is 12.6 Å². The number of hydrogen-bond donors (Lipinski definition) is 1. The van der Waals surface area contributed by atoms with E-state index in [0.717, 1.165) is 30.1 Å². The first-order valence-electron chi connectivity index (χ1n) is 6.90. The van der Waals surface area contributed by atoms with E-state index in [4.69, 9.17) is 4.74 Å². The molecule has 0 N–H and O–H groups in total. The zero-order valence-electron chi connectivity index (χ0n) is 11.2. The molecular formula is C15H24OS. The summed E-state index contributed by atoms with van der Waals surface area (Å²) >= 11 is 4.31. The van der Waals surface area contributed by atoms with Crippen LogP contribution in [0.2, 0.25) is 0 Å². The average Bonchev–Trinajstić information content (AvgIpc) is 2.67. The minimum atomic E-state index is 0.0870. The van der Waals surface area contributed by atoms with Crippen molar-refractivity contribution in [3.05, 3.63) is 12.2 Å². The van der Waals surface area contributed by atoms with Crippen molar-refractivity contribution in [2.45, 2.75) is 45.6 Å². The Morgan fingerprint density at radius 1 is 1.53 bits per heavy atom. The molecule has 0 aromatic carbocycles. The minimum absolute atomic E-state index is 0.0870. The van der Waals surface area contributed by atoms with Gasteiger partial charge in [-0.05, 0) is 42.9 Å². The summed E-state index contributed by atoms with van der Waals surface area (Å²) < 4.78 is 6.18. The molecule has 4 saturated carbocycles. The van der Waals surface area contributed by atoms with Crippen molar-refractivity contribution in [1.29, 1.82) is 0 Å². The van der Waals surface area contributed by atoms with Crippen molar-refractivity contribution >= 4 is 12.6 Å². The van der Waals surface area contributed by atoms with Gasteiger partial charge in [0.2, 0.25) is 0 Å². The molecule has 4 aliphatic carbocycles. The van der Waals surface area contributed by atoms with E-state index in [1.54, 1.807) is 0 Å². The van der Waals surface area contributed by atoms with E-state index < -0.39 is 0 Å². The zero-order valence-corrected chi connectivity index (χ0v) is 12.1. The second-order valence-corrected chi connectivity index (χ2v) is 7.12. The lowest BCUT2D eigenvalue weighted by atomic mass is 9.39. The van der Waals surface area contributed by atoms with Gasteiger partial charge in [-0.1, -0.05) is 32.9 Å². The van der Waals surface area contributed by atoms with Gasteiger partial charge in [0.25, 0.3) is 0 Å². The molecule has 0 unspecified atom stereocenters. The molecule has 0 heterocycles. The number of thiol groups is 1. The molecule has 0 radical (unpaired) electrons. The summed E-state index contributed by atoms with van der Waals surface area (Å²) in [7, 11) is 0. The fourth-order valence-corrected chi connectivity index (χ4v) is 5.70. The lowest BCUT2D eigenvalue weighted by Crippen LogP contribution is -2.70. The van der Waals surface area contributed by atoms with Gasteiger partial charge >= 0.3 is 0 Å². The first-order valence-corrected chi connectivity index (χ1v) is 7.53. The van der Waals surface area contributed by atoms with Crippen molar-refractivity contribution in [3.63, 3.8) is 0 Å². The van der Waals surface area contributed by atoms with Crippen molar-refractivity contribution < 1.29 is 4.74 Å². The molecule has 4 rings (SSSR count). The number of fused-ring (bicyclic) bond motifs is 1. The van der Waals surface area contributed by atoms with Crippen molar-refractivity contribution in [3.8, 4) is 0 Å². The van der Waals surface area contributed by atoms with Crippen molar-refractivity contribution in [2.75, 3.05) is 5.94 Å². The molecular weight excluding hydrogens is 228 g/mol. The maximum absolute atomic E-state index is 6.18. The van der Waals surface area contributed by atoms with Crippen LogP contribution in [0.5, 0.6) is 0 Å². The van der Waals surface area contributed by atoms with E-state index in [1.165, 1.54) is 18.4 Å². The highest BCUT2D eigenvalue weighted by Gasteiger charge is 2.78. The fraction of sp³-hybridized carbons (Fsp3) is 0.867. The summed E-state index contributed by atoms with van der Waals surface area (Å²) in [6.07, 6.45) is 3.77. The molecule has 4 fully saturated rings. The maximum atomic E-state index is 6.18. The summed E-state index contributed by atoms with van der Waals surface area (Å²) in [4.78, 5) is 0. The molecule has 0 aromatic heterocycles. The molecule has 2 heteroatoms. The van der Waals surface area contributed by atoms with E-state index in [9.17, 15) is 0 Å². The Balaban J connectivity index is 2.00. The van der Waals surface area contributed by atoms with Crippen LogP contribution in [0.4, 0.5) is 0 Å². The summed E-state index contributed by atoms with van der Waals surface area (Å²) in [5.74, 6) is 3.59. The van der Waals surface area contributed by atoms with Gasteiger partial charge in [-0.15, -0.1) is 0 Å². The van der Waals surface area contributed by atoms with E-state index >= 15 is 0 Å². The molecule has 96 valence electrons. The van der Waals surface area contributed by atoms with Gasteiger partial charge in [0.15, 0.2) is 0 Å². The lowest BCUT2D eigenvalue weighted by molar-refractivity contribution is -0.277. The predicted molar refractivity (Wildman–Crippen MR) is 74.1 cm³/mol. The van der Waals surface area contributed by atoms with E-state index in [1.807, 2.05) is 0 Å². The highest BCUT2D eigenvalue weighted by atomic mass is 32.1. The third kappa shape index (κ3) is 1.17. The first-order chi connectivity index (χ1) is 7.98. The fourth-order valence-electron chi connectivity index (χ4n) is 5.47. The molecule has 0 saturated heterocycles. The third-order valence-corrected chi connectivity index (χ3v) is 6.25. The monoisotopic (exact) mass is 252 g/mol. The zero-order chi connectivity index (χ0) is 12.4. The van der Waals surface area contributed by atoms with Crippen LogP contribution in [0.15, 0.2) is 12.2 Å². The highest BCUT2D eigenvalue weighted by molar-refractivity contribution is 7.80. The number of hydrogen-bond acceptors (Lipinski definition) is 2. The van der Waals surface area contributed by atoms with E-state index in [0.29, 0.717) is 11.4 Å². The van der Waals surface area contributed by atoms with Gasteiger partial charge in [0.05, 0.1) is 11.5 Å². The second kappa shape index (κ2) is 3.54. The van der Waals surface area contributed by atoms with Gasteiger partial charge in [0.1, 0.15) is 0 Å². The Morgan fingerprint density at radius 2 is 2.24 bits per heavy atom. The Bertz CT molecular complexity index is 364. The Labute approximate surface area is 110 Å². The molecule has 0 amide bonds. The number of ether oxygens (including phenoxy) is 1. The Morgan fingerprint density at radius 3 is 2.82 bits per heavy atom. The molecule has 0 aliphatic heterocycles. The van der Waals surface area contributed by atoms with Crippen LogP contribution < -0.4 is 0 Å². The standard InChI is InChI=1S/C15H24OS/c1-9(2)11-5-6-14(4)12-10(3)7-15(14,13(11)12)16-8-17/h9,11-13,17H,3,5-8H2,1-2,4H3/t11-,12+,13+,14-,15+/m0/s1. The molecule has 0 spiro atoms. The van der Waals surface area contributed by atoms with Crippen LogP contribution in [-0.4, -0.2) is 11.5 Å². The van der Waals surface area contributed by atoms with Crippen molar-refractivity contribution in [2.24, 2.45) is 29.1 Å². The lowest BCUT2D eigenvalue weighted by Gasteiger charge is -2.68. The Hall–Kier alpha value is 0.0500. The molecule has 1 nitrogen and oxygen atoms in total. The van der Waals surface area contributed by atoms with E-state index in [-0.39, 0.29) is 5.60 Å². The minimum Gasteiger partial charge on any atom is -0.363 e.